The fourth-order valence-electron chi connectivity index (χ4n) is 6.70. The van der Waals surface area contributed by atoms with E-state index in [1.807, 2.05) is 0 Å². The summed E-state index contributed by atoms with van der Waals surface area (Å²) in [6, 6.07) is 0. The molecule has 188 valence electrons. The second-order valence-electron chi connectivity index (χ2n) is 16.2. The van der Waals surface area contributed by atoms with Gasteiger partial charge in [-0.3, -0.25) is 0 Å². The van der Waals surface area contributed by atoms with Crippen molar-refractivity contribution in [2.24, 2.45) is 8.35 Å². The van der Waals surface area contributed by atoms with E-state index in [1.54, 1.807) is 0 Å². The van der Waals surface area contributed by atoms with Crippen molar-refractivity contribution in [2.45, 2.75) is 138 Å². The average Bonchev–Trinajstić information content (AvgIpc) is 2.37. The van der Waals surface area contributed by atoms with Crippen LogP contribution in [0.2, 0.25) is 96.6 Å². The molecule has 0 aromatic carbocycles. The maximum atomic E-state index is 9.84. The van der Waals surface area contributed by atoms with Crippen LogP contribution in [0.15, 0.2) is 8.35 Å². The van der Waals surface area contributed by atoms with E-state index in [0.717, 1.165) is 7.99 Å². The van der Waals surface area contributed by atoms with Gasteiger partial charge in [0.05, 0.1) is 0 Å². The van der Waals surface area contributed by atoms with Crippen LogP contribution >= 0.6 is 0 Å². The zero-order valence-electron chi connectivity index (χ0n) is 24.9. The van der Waals surface area contributed by atoms with Crippen molar-refractivity contribution in [1.82, 2.24) is 0 Å². The molecular formula is C22H56GeN4Si5. The van der Waals surface area contributed by atoms with E-state index in [2.05, 4.69) is 125 Å². The second-order valence-corrected chi connectivity index (χ2v) is 53.8. The summed E-state index contributed by atoms with van der Waals surface area (Å²) in [7, 11) is -8.60. The van der Waals surface area contributed by atoms with Crippen LogP contribution in [0.25, 0.3) is 10.4 Å². The SMILES string of the molecule is CC(C)(C)[Si](N=[N+]=[N-])([N]=[Ge]([CH]([Si](C)(C)C)[Si](C)(C)C)[CH]([Si](C)(C)C)[Si](C)(C)C)C(C)(C)C. The Labute approximate surface area is 210 Å². The van der Waals surface area contributed by atoms with E-state index < -0.39 is 54.8 Å². The molecule has 0 heterocycles. The Morgan fingerprint density at radius 3 is 1.00 bits per heavy atom. The first kappa shape index (κ1) is 32.7. The first-order valence-electron chi connectivity index (χ1n) is 12.3. The Hall–Kier alpha value is 0.737. The van der Waals surface area contributed by atoms with Gasteiger partial charge in [-0.05, 0) is 0 Å². The summed E-state index contributed by atoms with van der Waals surface area (Å²) in [5, 5.41) is -0.189. The third-order valence-corrected chi connectivity index (χ3v) is 63.2. The molecule has 0 bridgehead atoms. The fourth-order valence-corrected chi connectivity index (χ4v) is 77.8. The fraction of sp³-hybridized carbons (Fsp3) is 1.00. The monoisotopic (exact) mass is 590 g/mol. The molecule has 0 aliphatic carbocycles. The van der Waals surface area contributed by atoms with E-state index in [4.69, 9.17) is 8.35 Å². The van der Waals surface area contributed by atoms with Crippen molar-refractivity contribution in [2.75, 3.05) is 0 Å². The van der Waals surface area contributed by atoms with Crippen LogP contribution in [0.1, 0.15) is 41.5 Å². The molecule has 0 spiro atoms. The Balaban J connectivity index is 8.05. The normalized spacial score (nSPS) is 15.1. The molecule has 0 aliphatic rings. The van der Waals surface area contributed by atoms with E-state index in [9.17, 15) is 5.53 Å². The molecule has 0 saturated heterocycles. The van der Waals surface area contributed by atoms with Gasteiger partial charge >= 0.3 is 212 Å². The van der Waals surface area contributed by atoms with Gasteiger partial charge in [0.1, 0.15) is 0 Å². The number of nitrogens with zero attached hydrogens (tertiary/aromatic N) is 4. The topological polar surface area (TPSA) is 61.1 Å². The molecule has 10 heteroatoms. The average molecular weight is 590 g/mol. The van der Waals surface area contributed by atoms with Gasteiger partial charge in [0, 0.05) is 0 Å². The van der Waals surface area contributed by atoms with Crippen molar-refractivity contribution in [3.63, 3.8) is 0 Å². The van der Waals surface area contributed by atoms with E-state index in [-0.39, 0.29) is 10.1 Å². The molecule has 0 saturated carbocycles. The minimum absolute atomic E-state index is 0.0947. The summed E-state index contributed by atoms with van der Waals surface area (Å²) in [5.74, 6) is 0. The van der Waals surface area contributed by atoms with Crippen molar-refractivity contribution in [1.29, 1.82) is 0 Å². The zero-order valence-corrected chi connectivity index (χ0v) is 32.0. The number of hydrogen-bond donors (Lipinski definition) is 0. The summed E-state index contributed by atoms with van der Waals surface area (Å²) in [6.07, 6.45) is 0. The van der Waals surface area contributed by atoms with Crippen molar-refractivity contribution in [3.05, 3.63) is 10.4 Å². The molecule has 0 aliphatic heterocycles. The third kappa shape index (κ3) is 7.62. The molecule has 32 heavy (non-hydrogen) atoms. The predicted octanol–water partition coefficient (Wildman–Crippen LogP) is 9.85. The van der Waals surface area contributed by atoms with Gasteiger partial charge in [-0.2, -0.15) is 0 Å². The molecule has 0 radical (unpaired) electrons. The zero-order chi connectivity index (χ0) is 26.4. The van der Waals surface area contributed by atoms with E-state index >= 15 is 0 Å². The molecule has 0 rings (SSSR count). The summed E-state index contributed by atoms with van der Waals surface area (Å²) in [6.45, 7) is 45.1. The summed E-state index contributed by atoms with van der Waals surface area (Å²) in [5.41, 5.74) is 9.84. The Morgan fingerprint density at radius 1 is 0.594 bits per heavy atom. The molecule has 0 aromatic rings. The van der Waals surface area contributed by atoms with Gasteiger partial charge in [-0.15, -0.1) is 0 Å². The van der Waals surface area contributed by atoms with Crippen LogP contribution in [0.4, 0.5) is 0 Å². The minimum atomic E-state index is -2.71. The van der Waals surface area contributed by atoms with Gasteiger partial charge in [0.15, 0.2) is 0 Å². The van der Waals surface area contributed by atoms with E-state index in [0.29, 0.717) is 0 Å². The van der Waals surface area contributed by atoms with Gasteiger partial charge < -0.3 is 0 Å². The van der Waals surface area contributed by atoms with E-state index in [1.165, 1.54) is 0 Å². The van der Waals surface area contributed by atoms with Crippen LogP contribution in [-0.4, -0.2) is 54.8 Å². The first-order chi connectivity index (χ1) is 13.6. The van der Waals surface area contributed by atoms with Crippen LogP contribution in [0.3, 0.4) is 0 Å². The molecule has 0 N–H and O–H groups in total. The molecule has 0 aromatic heterocycles. The van der Waals surface area contributed by atoms with Crippen LogP contribution in [0.5, 0.6) is 0 Å². The summed E-state index contributed by atoms with van der Waals surface area (Å²) < 4.78 is 12.7. The van der Waals surface area contributed by atoms with Crippen molar-refractivity contribution < 1.29 is 0 Å². The third-order valence-electron chi connectivity index (χ3n) is 6.63. The molecule has 0 amide bonds. The molecule has 0 atom stereocenters. The molecule has 4 nitrogen and oxygen atoms in total. The van der Waals surface area contributed by atoms with Crippen LogP contribution in [-0.2, 0) is 0 Å². The number of rotatable bonds is 8. The summed E-state index contributed by atoms with van der Waals surface area (Å²) >= 11 is -2.05. The first-order valence-corrected chi connectivity index (χ1v) is 31.9. The standard InChI is InChI=1S/C22H56GeN4Si5/c1-21(2,3)32(27-26-24,22(4,5)6)25-23(19(28(7,8)9)29(10,11)12)20(30(13,14)15)31(16,17)18/h19-20H,1-18H3. The predicted molar refractivity (Wildman–Crippen MR) is 163 cm³/mol. The van der Waals surface area contributed by atoms with Gasteiger partial charge in [0.2, 0.25) is 0 Å². The number of hydrogen-bond acceptors (Lipinski definition) is 2. The quantitative estimate of drug-likeness (QED) is 0.117. The second kappa shape index (κ2) is 10.0. The Kier molecular flexibility index (Phi) is 10.2. The maximum absolute atomic E-state index is 9.84. The van der Waals surface area contributed by atoms with Gasteiger partial charge in [0.25, 0.3) is 0 Å². The van der Waals surface area contributed by atoms with Crippen molar-refractivity contribution >= 4 is 54.8 Å². The molecule has 0 fully saturated rings. The number of azide groups is 1. The van der Waals surface area contributed by atoms with Crippen LogP contribution < -0.4 is 0 Å². The van der Waals surface area contributed by atoms with Gasteiger partial charge in [-0.25, -0.2) is 0 Å². The van der Waals surface area contributed by atoms with Gasteiger partial charge in [-0.1, -0.05) is 0 Å². The Bertz CT molecular complexity index is 659. The molecule has 0 unspecified atom stereocenters. The van der Waals surface area contributed by atoms with Crippen molar-refractivity contribution in [3.8, 4) is 0 Å². The summed E-state index contributed by atoms with van der Waals surface area (Å²) in [4.78, 5) is 3.53. The molecular weight excluding hydrogens is 533 g/mol. The Morgan fingerprint density at radius 2 is 0.844 bits per heavy atom. The van der Waals surface area contributed by atoms with Crippen LogP contribution in [0, 0.1) is 0 Å².